The van der Waals surface area contributed by atoms with Gasteiger partial charge in [-0.2, -0.15) is 22.0 Å². The molecule has 12 heavy (non-hydrogen) atoms. The molecule has 0 saturated carbocycles. The van der Waals surface area contributed by atoms with Gasteiger partial charge in [-0.15, -0.1) is 0 Å². The molecular weight excluding hydrogens is 233 g/mol. The second kappa shape index (κ2) is 3.33. The second-order valence-electron chi connectivity index (χ2n) is 1.62. The van der Waals surface area contributed by atoms with Crippen molar-refractivity contribution < 1.29 is 26.3 Å². The third-order valence-electron chi connectivity index (χ3n) is 0.690. The molecule has 0 heterocycles. The molecule has 0 nitrogen and oxygen atoms in total. The van der Waals surface area contributed by atoms with Gasteiger partial charge in [0.05, 0.1) is 0 Å². The summed E-state index contributed by atoms with van der Waals surface area (Å²) in [5, 5.41) is -7.28. The van der Waals surface area contributed by atoms with Gasteiger partial charge in [-0.1, -0.05) is 11.6 Å². The van der Waals surface area contributed by atoms with Crippen molar-refractivity contribution in [2.75, 3.05) is 0 Å². The van der Waals surface area contributed by atoms with Crippen molar-refractivity contribution in [3.63, 3.8) is 0 Å². The molecule has 0 amide bonds. The Labute approximate surface area is 72.7 Å². The Balaban J connectivity index is 4.96. The molecule has 0 bridgehead atoms. The highest BCUT2D eigenvalue weighted by molar-refractivity contribution is 6.32. The van der Waals surface area contributed by atoms with E-state index in [9.17, 15) is 26.3 Å². The smallest absolute Gasteiger partial charge is 0.202 e. The average Bonchev–Trinajstić information content (AvgIpc) is 1.80. The summed E-state index contributed by atoms with van der Waals surface area (Å²) < 4.78 is 69.5. The lowest BCUT2D eigenvalue weighted by atomic mass is 10.4. The minimum Gasteiger partial charge on any atom is -0.202 e. The molecule has 0 spiro atoms. The molecule has 0 N–H and O–H groups in total. The van der Waals surface area contributed by atoms with Gasteiger partial charge < -0.3 is 0 Å². The molecule has 0 radical (unpaired) electrons. The molecule has 8 heteroatoms. The molecule has 0 aromatic rings. The topological polar surface area (TPSA) is 0 Å². The Kier molecular flexibility index (Phi) is 3.31. The van der Waals surface area contributed by atoms with Gasteiger partial charge in [0.25, 0.3) is 0 Å². The molecule has 0 aliphatic carbocycles. The van der Waals surface area contributed by atoms with Crippen LogP contribution in [0.15, 0.2) is 10.9 Å². The summed E-state index contributed by atoms with van der Waals surface area (Å²) in [6, 6.07) is 0. The van der Waals surface area contributed by atoms with E-state index >= 15 is 0 Å². The molecule has 0 fully saturated rings. The van der Waals surface area contributed by atoms with E-state index in [1.165, 1.54) is 0 Å². The highest BCUT2D eigenvalue weighted by Gasteiger charge is 2.44. The maximum Gasteiger partial charge on any atom is 0.429 e. The van der Waals surface area contributed by atoms with E-state index in [4.69, 9.17) is 0 Å². The van der Waals surface area contributed by atoms with Crippen molar-refractivity contribution in [3.05, 3.63) is 10.9 Å². The van der Waals surface area contributed by atoms with Gasteiger partial charge in [-0.3, -0.25) is 0 Å². The lowest BCUT2D eigenvalue weighted by molar-refractivity contribution is -0.0886. The normalized spacial score (nSPS) is 16.0. The highest BCUT2D eigenvalue weighted by atomic mass is 35.5. The molecule has 0 saturated heterocycles. The Bertz CT molecular complexity index is 177. The number of alkyl halides is 6. The van der Waals surface area contributed by atoms with Crippen LogP contribution in [0.4, 0.5) is 26.3 Å². The van der Waals surface area contributed by atoms with Crippen molar-refractivity contribution in [2.24, 2.45) is 0 Å². The van der Waals surface area contributed by atoms with Crippen LogP contribution in [0.2, 0.25) is 0 Å². The minimum absolute atomic E-state index is 2.55. The summed E-state index contributed by atoms with van der Waals surface area (Å²) in [5.41, 5.74) is 0. The van der Waals surface area contributed by atoms with E-state index in [1.807, 2.05) is 0 Å². The maximum absolute atomic E-state index is 11.9. The summed E-state index contributed by atoms with van der Waals surface area (Å²) in [6.07, 6.45) is -5.36. The van der Waals surface area contributed by atoms with E-state index in [2.05, 4.69) is 23.2 Å². The van der Waals surface area contributed by atoms with Crippen LogP contribution < -0.4 is 0 Å². The standard InChI is InChI=1S/C4Cl2F6/c5-1(4(10,11)12)2(7)3(6,8)9/b2-1+. The van der Waals surface area contributed by atoms with E-state index in [0.29, 0.717) is 0 Å². The van der Waals surface area contributed by atoms with Crippen LogP contribution in [-0.2, 0) is 0 Å². The zero-order valence-corrected chi connectivity index (χ0v) is 6.54. The first-order valence-corrected chi connectivity index (χ1v) is 3.02. The SMILES string of the molecule is F/C(=C(/Cl)C(F)(F)F)C(F)(F)Cl. The van der Waals surface area contributed by atoms with Crippen LogP contribution in [-0.4, -0.2) is 11.6 Å². The monoisotopic (exact) mass is 232 g/mol. The van der Waals surface area contributed by atoms with Crippen molar-refractivity contribution in [1.82, 2.24) is 0 Å². The highest BCUT2D eigenvalue weighted by Crippen LogP contribution is 2.39. The quantitative estimate of drug-likeness (QED) is 0.477. The first kappa shape index (κ1) is 11.9. The van der Waals surface area contributed by atoms with E-state index in [-0.39, 0.29) is 0 Å². The van der Waals surface area contributed by atoms with Gasteiger partial charge >= 0.3 is 11.6 Å². The third-order valence-corrected chi connectivity index (χ3v) is 1.24. The first-order chi connectivity index (χ1) is 5.07. The Morgan fingerprint density at radius 2 is 1.33 bits per heavy atom. The van der Waals surface area contributed by atoms with Crippen LogP contribution in [0.1, 0.15) is 0 Å². The Morgan fingerprint density at radius 1 is 1.00 bits per heavy atom. The van der Waals surface area contributed by atoms with Crippen molar-refractivity contribution in [2.45, 2.75) is 11.6 Å². The zero-order valence-electron chi connectivity index (χ0n) is 5.02. The molecule has 0 aromatic heterocycles. The number of allylic oxidation sites excluding steroid dienone is 2. The van der Waals surface area contributed by atoms with Crippen LogP contribution in [0, 0.1) is 0 Å². The molecule has 72 valence electrons. The van der Waals surface area contributed by atoms with Gasteiger partial charge in [0, 0.05) is 0 Å². The third kappa shape index (κ3) is 3.10. The summed E-state index contributed by atoms with van der Waals surface area (Å²) >= 11 is 8.14. The van der Waals surface area contributed by atoms with Gasteiger partial charge in [-0.25, -0.2) is 4.39 Å². The lowest BCUT2D eigenvalue weighted by Crippen LogP contribution is -2.16. The first-order valence-electron chi connectivity index (χ1n) is 2.26. The second-order valence-corrected chi connectivity index (χ2v) is 2.48. The fourth-order valence-electron chi connectivity index (χ4n) is 0.249. The fraction of sp³-hybridized carbons (Fsp3) is 0.500. The van der Waals surface area contributed by atoms with E-state index < -0.39 is 22.4 Å². The predicted molar refractivity (Wildman–Crippen MR) is 30.8 cm³/mol. The predicted octanol–water partition coefficient (Wildman–Crippen LogP) is 3.80. The number of halogens is 8. The van der Waals surface area contributed by atoms with Crippen LogP contribution >= 0.6 is 23.2 Å². The zero-order chi connectivity index (χ0) is 10.2. The van der Waals surface area contributed by atoms with Crippen molar-refractivity contribution in [1.29, 1.82) is 0 Å². The molecular formula is C4Cl2F6. The van der Waals surface area contributed by atoms with Gasteiger partial charge in [-0.05, 0) is 11.6 Å². The molecule has 0 aliphatic heterocycles. The van der Waals surface area contributed by atoms with Crippen molar-refractivity contribution >= 4 is 23.2 Å². The molecule has 0 rings (SSSR count). The van der Waals surface area contributed by atoms with E-state index in [0.717, 1.165) is 0 Å². The Hall–Kier alpha value is -0.100. The largest absolute Gasteiger partial charge is 0.429 e. The van der Waals surface area contributed by atoms with Crippen LogP contribution in [0.25, 0.3) is 0 Å². The van der Waals surface area contributed by atoms with Crippen LogP contribution in [0.5, 0.6) is 0 Å². The average molecular weight is 233 g/mol. The molecule has 0 atom stereocenters. The summed E-state index contributed by atoms with van der Waals surface area (Å²) in [5.74, 6) is -2.90. The van der Waals surface area contributed by atoms with Gasteiger partial charge in [0.15, 0.2) is 5.03 Å². The minimum atomic E-state index is -5.36. The van der Waals surface area contributed by atoms with Crippen molar-refractivity contribution in [3.8, 4) is 0 Å². The fourth-order valence-corrected chi connectivity index (χ4v) is 0.510. The van der Waals surface area contributed by atoms with Gasteiger partial charge in [0.1, 0.15) is 0 Å². The van der Waals surface area contributed by atoms with Gasteiger partial charge in [0.2, 0.25) is 5.83 Å². The summed E-state index contributed by atoms with van der Waals surface area (Å²) in [4.78, 5) is 0. The van der Waals surface area contributed by atoms with Crippen LogP contribution in [0.3, 0.4) is 0 Å². The lowest BCUT2D eigenvalue weighted by Gasteiger charge is -2.09. The molecule has 0 aliphatic rings. The number of rotatable bonds is 1. The Morgan fingerprint density at radius 3 is 1.42 bits per heavy atom. The molecule has 0 aromatic carbocycles. The number of hydrogen-bond acceptors (Lipinski definition) is 0. The maximum atomic E-state index is 11.9. The summed E-state index contributed by atoms with van der Waals surface area (Å²) in [6.45, 7) is 0. The molecule has 0 unspecified atom stereocenters. The summed E-state index contributed by atoms with van der Waals surface area (Å²) in [7, 11) is 0. The number of hydrogen-bond donors (Lipinski definition) is 0. The van der Waals surface area contributed by atoms with E-state index in [1.54, 1.807) is 0 Å².